The second kappa shape index (κ2) is 10.8. The molecule has 1 atom stereocenters. The van der Waals surface area contributed by atoms with Crippen molar-refractivity contribution in [3.05, 3.63) is 58.1 Å². The van der Waals surface area contributed by atoms with Crippen molar-refractivity contribution in [2.75, 3.05) is 38.0 Å². The molecule has 0 aliphatic carbocycles. The molecule has 2 aromatic carbocycles. The molecule has 2 aromatic rings. The van der Waals surface area contributed by atoms with E-state index in [4.69, 9.17) is 14.2 Å². The molecule has 10 heteroatoms. The molecule has 1 amide bonds. The van der Waals surface area contributed by atoms with Gasteiger partial charge in [0.25, 0.3) is 11.6 Å². The quantitative estimate of drug-likeness (QED) is 0.261. The van der Waals surface area contributed by atoms with Crippen molar-refractivity contribution in [2.45, 2.75) is 13.0 Å². The maximum absolute atomic E-state index is 12.6. The topological polar surface area (TPSA) is 129 Å². The lowest BCUT2D eigenvalue weighted by Gasteiger charge is -2.16. The van der Waals surface area contributed by atoms with Crippen LogP contribution in [0, 0.1) is 10.1 Å². The summed E-state index contributed by atoms with van der Waals surface area (Å²) in [5, 5.41) is 16.6. The molecule has 0 bridgehead atoms. The monoisotopic (exact) mass is 417 g/mol. The van der Waals surface area contributed by atoms with E-state index in [1.165, 1.54) is 33.3 Å². The third-order valence-corrected chi connectivity index (χ3v) is 4.07. The van der Waals surface area contributed by atoms with Crippen LogP contribution in [0.15, 0.2) is 42.5 Å². The van der Waals surface area contributed by atoms with Crippen LogP contribution in [0.25, 0.3) is 0 Å². The van der Waals surface area contributed by atoms with Crippen molar-refractivity contribution >= 4 is 28.9 Å². The largest absolute Gasteiger partial charge is 0.497 e. The molecule has 2 N–H and O–H groups in total. The van der Waals surface area contributed by atoms with E-state index >= 15 is 0 Å². The molecule has 10 nitrogen and oxygen atoms in total. The summed E-state index contributed by atoms with van der Waals surface area (Å²) in [7, 11) is 3.05. The number of rotatable bonds is 10. The number of nitro groups is 1. The Hall–Kier alpha value is -3.66. The van der Waals surface area contributed by atoms with Crippen LogP contribution in [0.5, 0.6) is 5.75 Å². The summed E-state index contributed by atoms with van der Waals surface area (Å²) in [6, 6.07) is 10.4. The minimum Gasteiger partial charge on any atom is -0.497 e. The van der Waals surface area contributed by atoms with Crippen LogP contribution < -0.4 is 15.4 Å². The van der Waals surface area contributed by atoms with Gasteiger partial charge in [-0.2, -0.15) is 0 Å². The van der Waals surface area contributed by atoms with Crippen molar-refractivity contribution in [3.63, 3.8) is 0 Å². The van der Waals surface area contributed by atoms with E-state index in [0.29, 0.717) is 30.3 Å². The van der Waals surface area contributed by atoms with Crippen molar-refractivity contribution in [2.24, 2.45) is 0 Å². The molecule has 0 aliphatic heterocycles. The second-order valence-corrected chi connectivity index (χ2v) is 6.17. The molecule has 160 valence electrons. The number of hydrogen-bond donors (Lipinski definition) is 2. The first-order valence-corrected chi connectivity index (χ1v) is 9.03. The zero-order chi connectivity index (χ0) is 22.1. The third kappa shape index (κ3) is 6.17. The van der Waals surface area contributed by atoms with Crippen molar-refractivity contribution in [1.82, 2.24) is 0 Å². The van der Waals surface area contributed by atoms with Crippen molar-refractivity contribution in [1.29, 1.82) is 0 Å². The highest BCUT2D eigenvalue weighted by molar-refractivity contribution is 6.00. The van der Waals surface area contributed by atoms with Crippen molar-refractivity contribution < 1.29 is 28.7 Å². The predicted molar refractivity (Wildman–Crippen MR) is 110 cm³/mol. The average molecular weight is 417 g/mol. The maximum atomic E-state index is 12.6. The van der Waals surface area contributed by atoms with Crippen molar-refractivity contribution in [3.8, 4) is 5.75 Å². The first kappa shape index (κ1) is 22.6. The second-order valence-electron chi connectivity index (χ2n) is 6.17. The summed E-state index contributed by atoms with van der Waals surface area (Å²) in [4.78, 5) is 35.4. The Morgan fingerprint density at radius 1 is 1.13 bits per heavy atom. The Balaban J connectivity index is 2.10. The lowest BCUT2D eigenvalue weighted by molar-refractivity contribution is -0.384. The smallest absolute Gasteiger partial charge is 0.341 e. The molecule has 0 saturated carbocycles. The van der Waals surface area contributed by atoms with Gasteiger partial charge < -0.3 is 24.8 Å². The lowest BCUT2D eigenvalue weighted by atomic mass is 10.1. The van der Waals surface area contributed by atoms with Gasteiger partial charge in [0, 0.05) is 37.2 Å². The minimum atomic E-state index is -1.13. The number of non-ortho nitro benzene ring substituents is 1. The fourth-order valence-electron chi connectivity index (χ4n) is 2.45. The van der Waals surface area contributed by atoms with Crippen LogP contribution in [-0.4, -0.2) is 50.3 Å². The number of anilines is 2. The molecule has 0 heterocycles. The van der Waals surface area contributed by atoms with Crippen LogP contribution in [0.3, 0.4) is 0 Å². The van der Waals surface area contributed by atoms with Gasteiger partial charge in [-0.3, -0.25) is 14.9 Å². The molecule has 0 unspecified atom stereocenters. The Morgan fingerprint density at radius 3 is 2.43 bits per heavy atom. The first-order valence-electron chi connectivity index (χ1n) is 9.03. The lowest BCUT2D eigenvalue weighted by Crippen LogP contribution is -2.30. The van der Waals surface area contributed by atoms with Crippen LogP contribution in [-0.2, 0) is 14.3 Å². The number of benzene rings is 2. The molecule has 30 heavy (non-hydrogen) atoms. The number of amides is 1. The molecular formula is C20H23N3O7. The van der Waals surface area contributed by atoms with Gasteiger partial charge in [0.15, 0.2) is 6.10 Å². The number of nitrogens with zero attached hydrogens (tertiary/aromatic N) is 1. The number of carbonyl (C=O) groups excluding carboxylic acids is 2. The van der Waals surface area contributed by atoms with Gasteiger partial charge in [0.2, 0.25) is 0 Å². The summed E-state index contributed by atoms with van der Waals surface area (Å²) in [6.45, 7) is 2.15. The molecule has 0 saturated heterocycles. The molecule has 0 aliphatic rings. The third-order valence-electron chi connectivity index (χ3n) is 4.07. The summed E-state index contributed by atoms with van der Waals surface area (Å²) in [5.74, 6) is -0.782. The SMILES string of the molecule is COCCNc1ccc([N+](=O)[O-])cc1C(=O)O[C@H](C)C(=O)Nc1ccc(OC)cc1. The van der Waals surface area contributed by atoms with E-state index in [9.17, 15) is 19.7 Å². The normalized spacial score (nSPS) is 11.3. The summed E-state index contributed by atoms with van der Waals surface area (Å²) in [5.41, 5.74) is 0.519. The number of methoxy groups -OCH3 is 2. The first-order chi connectivity index (χ1) is 14.3. The van der Waals surface area contributed by atoms with Gasteiger partial charge in [-0.05, 0) is 37.3 Å². The van der Waals surface area contributed by atoms with Crippen LogP contribution >= 0.6 is 0 Å². The number of hydrogen-bond acceptors (Lipinski definition) is 8. The number of nitro benzene ring substituents is 1. The molecular weight excluding hydrogens is 394 g/mol. The van der Waals surface area contributed by atoms with E-state index in [2.05, 4.69) is 10.6 Å². The van der Waals surface area contributed by atoms with Crippen LogP contribution in [0.4, 0.5) is 17.1 Å². The zero-order valence-electron chi connectivity index (χ0n) is 16.8. The van der Waals surface area contributed by atoms with E-state index < -0.39 is 22.9 Å². The summed E-state index contributed by atoms with van der Waals surface area (Å²) in [6.07, 6.45) is -1.13. The molecule has 0 radical (unpaired) electrons. The Labute approximate surface area is 173 Å². The average Bonchev–Trinajstić information content (AvgIpc) is 2.74. The summed E-state index contributed by atoms with van der Waals surface area (Å²) >= 11 is 0. The van der Waals surface area contributed by atoms with Crippen LogP contribution in [0.1, 0.15) is 17.3 Å². The van der Waals surface area contributed by atoms with Crippen LogP contribution in [0.2, 0.25) is 0 Å². The Morgan fingerprint density at radius 2 is 1.83 bits per heavy atom. The van der Waals surface area contributed by atoms with E-state index in [1.807, 2.05) is 0 Å². The van der Waals surface area contributed by atoms with E-state index in [1.54, 1.807) is 24.3 Å². The number of esters is 1. The fourth-order valence-corrected chi connectivity index (χ4v) is 2.45. The highest BCUT2D eigenvalue weighted by atomic mass is 16.6. The number of carbonyl (C=O) groups is 2. The van der Waals surface area contributed by atoms with Gasteiger partial charge in [-0.1, -0.05) is 0 Å². The minimum absolute atomic E-state index is 0.0515. The zero-order valence-corrected chi connectivity index (χ0v) is 16.8. The number of ether oxygens (including phenoxy) is 3. The molecule has 2 rings (SSSR count). The summed E-state index contributed by atoms with van der Waals surface area (Å²) < 4.78 is 15.2. The predicted octanol–water partition coefficient (Wildman–Crippen LogP) is 2.85. The fraction of sp³-hybridized carbons (Fsp3) is 0.300. The number of nitrogens with one attached hydrogen (secondary N) is 2. The van der Waals surface area contributed by atoms with Gasteiger partial charge in [-0.25, -0.2) is 4.79 Å². The standard InChI is InChI=1S/C20H23N3O7/c1-13(19(24)22-14-4-7-16(29-3)8-5-14)30-20(25)17-12-15(23(26)27)6-9-18(17)21-10-11-28-2/h4-9,12-13,21H,10-11H2,1-3H3,(H,22,24)/t13-/m1/s1. The highest BCUT2D eigenvalue weighted by Gasteiger charge is 2.23. The Kier molecular flexibility index (Phi) is 8.12. The van der Waals surface area contributed by atoms with Gasteiger partial charge in [0.1, 0.15) is 5.75 Å². The van der Waals surface area contributed by atoms with Gasteiger partial charge in [0.05, 0.1) is 24.2 Å². The van der Waals surface area contributed by atoms with E-state index in [-0.39, 0.29) is 11.3 Å². The molecule has 0 fully saturated rings. The van der Waals surface area contributed by atoms with Gasteiger partial charge >= 0.3 is 5.97 Å². The molecule has 0 spiro atoms. The Bertz CT molecular complexity index is 900. The highest BCUT2D eigenvalue weighted by Crippen LogP contribution is 2.24. The van der Waals surface area contributed by atoms with Gasteiger partial charge in [-0.15, -0.1) is 0 Å². The van der Waals surface area contributed by atoms with E-state index in [0.717, 1.165) is 6.07 Å². The maximum Gasteiger partial charge on any atom is 0.341 e. The molecule has 0 aromatic heterocycles.